The molecule has 0 spiro atoms. The zero-order chi connectivity index (χ0) is 34.7. The van der Waals surface area contributed by atoms with Crippen LogP contribution in [0.5, 0.6) is 0 Å². The number of likely N-dealkylation sites (tertiary alicyclic amines) is 1. The molecule has 3 aromatic rings. The molecule has 3 heterocycles. The summed E-state index contributed by atoms with van der Waals surface area (Å²) in [7, 11) is 3.26. The van der Waals surface area contributed by atoms with E-state index >= 15 is 0 Å². The third-order valence-electron chi connectivity index (χ3n) is 7.32. The highest BCUT2D eigenvalue weighted by molar-refractivity contribution is 5.95. The van der Waals surface area contributed by atoms with Crippen LogP contribution < -0.4 is 21.3 Å². The van der Waals surface area contributed by atoms with Crippen LogP contribution in [0.1, 0.15) is 78.6 Å². The van der Waals surface area contributed by atoms with Crippen molar-refractivity contribution in [2.75, 3.05) is 36.8 Å². The lowest BCUT2D eigenvalue weighted by molar-refractivity contribution is 0.0685. The molecule has 0 aliphatic carbocycles. The number of rotatable bonds is 9. The van der Waals surface area contributed by atoms with E-state index in [9.17, 15) is 19.2 Å². The maximum absolute atomic E-state index is 12.9. The number of carbonyl (C=O) groups is 4. The summed E-state index contributed by atoms with van der Waals surface area (Å²) in [6.45, 7) is 10.4. The number of carboxylic acid groups (broad SMARTS) is 1. The van der Waals surface area contributed by atoms with E-state index in [1.807, 2.05) is 56.9 Å². The largest absolute Gasteiger partial charge is 0.476 e. The zero-order valence-electron chi connectivity index (χ0n) is 27.7. The molecule has 5 amide bonds. The Kier molecular flexibility index (Phi) is 12.9. The standard InChI is InChI=1S/C22H28N6O2.C10H16N4O3/c1-15(2)14-24-22(30)25-20-12-19(26-27(20)3)21(29)28-10-8-18(9-11-28)17-6-4-16(13-23)5-7-17;1-6(2)5-11-10(17)12-8-4-7(9(15)16)13-14(8)3/h4-7,12,15,18H,8-11,14H2,1-3H3,(H2,24,25,30);4,6H,5H2,1-3H3,(H,15,16)(H2,11,12,17). The van der Waals surface area contributed by atoms with Crippen LogP contribution in [0, 0.1) is 23.2 Å². The number of amides is 5. The lowest BCUT2D eigenvalue weighted by atomic mass is 9.89. The number of benzene rings is 1. The fourth-order valence-corrected chi connectivity index (χ4v) is 4.70. The van der Waals surface area contributed by atoms with Crippen molar-refractivity contribution in [1.29, 1.82) is 5.26 Å². The molecule has 15 heteroatoms. The molecule has 252 valence electrons. The van der Waals surface area contributed by atoms with Gasteiger partial charge >= 0.3 is 18.0 Å². The topological polar surface area (TPSA) is 199 Å². The van der Waals surface area contributed by atoms with E-state index in [0.29, 0.717) is 66.8 Å². The highest BCUT2D eigenvalue weighted by Crippen LogP contribution is 2.29. The Morgan fingerprint density at radius 2 is 1.32 bits per heavy atom. The van der Waals surface area contributed by atoms with E-state index in [-0.39, 0.29) is 23.7 Å². The first-order valence-corrected chi connectivity index (χ1v) is 15.5. The lowest BCUT2D eigenvalue weighted by Gasteiger charge is -2.31. The SMILES string of the molecule is CC(C)CNC(=O)Nc1cc(C(=O)N2CCC(c3ccc(C#N)cc3)CC2)nn1C.CC(C)CNC(=O)Nc1cc(C(=O)O)nn1C. The molecule has 0 radical (unpaired) electrons. The molecule has 5 N–H and O–H groups in total. The maximum Gasteiger partial charge on any atom is 0.356 e. The lowest BCUT2D eigenvalue weighted by Crippen LogP contribution is -2.38. The number of piperidine rings is 1. The van der Waals surface area contributed by atoms with Crippen molar-refractivity contribution >= 4 is 35.6 Å². The molecule has 1 saturated heterocycles. The minimum Gasteiger partial charge on any atom is -0.476 e. The van der Waals surface area contributed by atoms with E-state index in [4.69, 9.17) is 10.4 Å². The molecule has 1 aliphatic heterocycles. The van der Waals surface area contributed by atoms with E-state index in [1.54, 1.807) is 20.2 Å². The molecule has 47 heavy (non-hydrogen) atoms. The van der Waals surface area contributed by atoms with Gasteiger partial charge in [0, 0.05) is 52.4 Å². The highest BCUT2D eigenvalue weighted by Gasteiger charge is 2.26. The Morgan fingerprint density at radius 3 is 1.74 bits per heavy atom. The summed E-state index contributed by atoms with van der Waals surface area (Å²) >= 11 is 0. The molecule has 1 fully saturated rings. The molecular formula is C32H44N10O5. The monoisotopic (exact) mass is 648 g/mol. The predicted molar refractivity (Wildman–Crippen MR) is 176 cm³/mol. The predicted octanol–water partition coefficient (Wildman–Crippen LogP) is 3.98. The van der Waals surface area contributed by atoms with Crippen molar-refractivity contribution in [3.8, 4) is 6.07 Å². The smallest absolute Gasteiger partial charge is 0.356 e. The van der Waals surface area contributed by atoms with Crippen LogP contribution in [-0.4, -0.2) is 79.7 Å². The molecule has 0 saturated carbocycles. The van der Waals surface area contributed by atoms with E-state index in [0.717, 1.165) is 12.8 Å². The van der Waals surface area contributed by atoms with Gasteiger partial charge in [0.15, 0.2) is 11.4 Å². The van der Waals surface area contributed by atoms with Crippen LogP contribution in [0.3, 0.4) is 0 Å². The second-order valence-electron chi connectivity index (χ2n) is 12.1. The fraction of sp³-hybridized carbons (Fsp3) is 0.469. The van der Waals surface area contributed by atoms with Gasteiger partial charge < -0.3 is 20.6 Å². The molecule has 15 nitrogen and oxygen atoms in total. The first-order valence-electron chi connectivity index (χ1n) is 15.5. The van der Waals surface area contributed by atoms with Gasteiger partial charge in [-0.3, -0.25) is 24.8 Å². The van der Waals surface area contributed by atoms with Crippen LogP contribution in [0.2, 0.25) is 0 Å². The second kappa shape index (κ2) is 16.8. The molecule has 4 rings (SSSR count). The molecular weight excluding hydrogens is 604 g/mol. The normalized spacial score (nSPS) is 13.0. The van der Waals surface area contributed by atoms with Crippen LogP contribution in [0.25, 0.3) is 0 Å². The number of anilines is 2. The summed E-state index contributed by atoms with van der Waals surface area (Å²) in [5.41, 5.74) is 2.08. The molecule has 0 bridgehead atoms. The van der Waals surface area contributed by atoms with Crippen molar-refractivity contribution in [3.05, 3.63) is 58.9 Å². The molecule has 1 aliphatic rings. The van der Waals surface area contributed by atoms with Gasteiger partial charge in [0.05, 0.1) is 11.6 Å². The summed E-state index contributed by atoms with van der Waals surface area (Å²) in [5, 5.41) is 36.4. The van der Waals surface area contributed by atoms with Crippen molar-refractivity contribution < 1.29 is 24.3 Å². The number of aromatic nitrogens is 4. The number of nitrogens with one attached hydrogen (secondary N) is 4. The fourth-order valence-electron chi connectivity index (χ4n) is 4.70. The number of urea groups is 2. The summed E-state index contributed by atoms with van der Waals surface area (Å²) in [5.74, 6) is 0.646. The van der Waals surface area contributed by atoms with Crippen molar-refractivity contribution in [2.45, 2.75) is 46.5 Å². The Balaban J connectivity index is 0.000000300. The van der Waals surface area contributed by atoms with Gasteiger partial charge in [0.2, 0.25) is 0 Å². The van der Waals surface area contributed by atoms with Gasteiger partial charge in [-0.25, -0.2) is 14.4 Å². The average Bonchev–Trinajstić information content (AvgIpc) is 3.60. The Morgan fingerprint density at radius 1 is 0.851 bits per heavy atom. The van der Waals surface area contributed by atoms with Crippen LogP contribution in [-0.2, 0) is 14.1 Å². The number of hydrogen-bond acceptors (Lipinski definition) is 7. The third-order valence-corrected chi connectivity index (χ3v) is 7.32. The number of nitriles is 1. The molecule has 1 aromatic carbocycles. The van der Waals surface area contributed by atoms with Gasteiger partial charge in [0.25, 0.3) is 5.91 Å². The van der Waals surface area contributed by atoms with E-state index in [2.05, 4.69) is 37.5 Å². The first-order chi connectivity index (χ1) is 22.3. The van der Waals surface area contributed by atoms with Gasteiger partial charge in [0.1, 0.15) is 11.6 Å². The molecule has 0 atom stereocenters. The van der Waals surface area contributed by atoms with E-state index in [1.165, 1.54) is 21.0 Å². The van der Waals surface area contributed by atoms with E-state index < -0.39 is 5.97 Å². The second-order valence-corrected chi connectivity index (χ2v) is 12.1. The average molecular weight is 649 g/mol. The number of aromatic carboxylic acids is 1. The van der Waals surface area contributed by atoms with Gasteiger partial charge in [-0.2, -0.15) is 15.5 Å². The summed E-state index contributed by atoms with van der Waals surface area (Å²) in [4.78, 5) is 48.8. The van der Waals surface area contributed by atoms with Crippen LogP contribution in [0.4, 0.5) is 21.2 Å². The molecule has 0 unspecified atom stereocenters. The minimum atomic E-state index is -1.13. The van der Waals surface area contributed by atoms with Gasteiger partial charge in [-0.15, -0.1) is 0 Å². The number of carbonyl (C=O) groups excluding carboxylic acids is 3. The highest BCUT2D eigenvalue weighted by atomic mass is 16.4. The molecule has 2 aromatic heterocycles. The summed E-state index contributed by atoms with van der Waals surface area (Å²) in [6, 6.07) is 12.0. The first kappa shape index (κ1) is 36.1. The van der Waals surface area contributed by atoms with Crippen LogP contribution >= 0.6 is 0 Å². The number of nitrogens with zero attached hydrogens (tertiary/aromatic N) is 6. The number of aryl methyl sites for hydroxylation is 2. The Hall–Kier alpha value is -5.39. The van der Waals surface area contributed by atoms with Crippen molar-refractivity contribution in [2.24, 2.45) is 25.9 Å². The Labute approximate surface area is 274 Å². The van der Waals surface area contributed by atoms with Gasteiger partial charge in [-0.05, 0) is 48.3 Å². The number of carboxylic acids is 1. The minimum absolute atomic E-state index is 0.105. The van der Waals surface area contributed by atoms with Crippen molar-refractivity contribution in [1.82, 2.24) is 35.1 Å². The number of hydrogen-bond donors (Lipinski definition) is 5. The van der Waals surface area contributed by atoms with Crippen molar-refractivity contribution in [3.63, 3.8) is 0 Å². The van der Waals surface area contributed by atoms with Gasteiger partial charge in [-0.1, -0.05) is 39.8 Å². The quantitative estimate of drug-likeness (QED) is 0.229. The zero-order valence-corrected chi connectivity index (χ0v) is 27.7. The maximum atomic E-state index is 12.9. The Bertz CT molecular complexity index is 1580. The third kappa shape index (κ3) is 10.9. The summed E-state index contributed by atoms with van der Waals surface area (Å²) < 4.78 is 2.81. The summed E-state index contributed by atoms with van der Waals surface area (Å²) in [6.07, 6.45) is 1.74. The van der Waals surface area contributed by atoms with Crippen LogP contribution in [0.15, 0.2) is 36.4 Å².